The van der Waals surface area contributed by atoms with Crippen molar-refractivity contribution in [2.45, 2.75) is 19.4 Å². The monoisotopic (exact) mass is 277 g/mol. The number of aromatic nitrogens is 2. The van der Waals surface area contributed by atoms with Gasteiger partial charge in [-0.2, -0.15) is 0 Å². The number of aryl methyl sites for hydroxylation is 1. The lowest BCUT2D eigenvalue weighted by atomic mass is 10.1. The number of hydrogen-bond acceptors (Lipinski definition) is 2. The van der Waals surface area contributed by atoms with Crippen LogP contribution in [0.3, 0.4) is 0 Å². The summed E-state index contributed by atoms with van der Waals surface area (Å²) in [6.07, 6.45) is 2.64. The lowest BCUT2D eigenvalue weighted by molar-refractivity contribution is 0.678. The highest BCUT2D eigenvalue weighted by Crippen LogP contribution is 2.23. The lowest BCUT2D eigenvalue weighted by Crippen LogP contribution is -2.14. The van der Waals surface area contributed by atoms with Crippen LogP contribution in [0.5, 0.6) is 0 Å². The van der Waals surface area contributed by atoms with Crippen LogP contribution in [0.2, 0.25) is 0 Å². The number of imidazole rings is 1. The number of nitrogens with one attached hydrogen (secondary N) is 1. The van der Waals surface area contributed by atoms with Gasteiger partial charge in [0.05, 0.1) is 17.9 Å². The molecule has 3 nitrogen and oxygen atoms in total. The fraction of sp³-hybridized carbons (Fsp3) is 0.167. The number of hydrogen-bond donors (Lipinski definition) is 2. The average Bonchev–Trinajstić information content (AvgIpc) is 2.98. The Morgan fingerprint density at radius 1 is 1.05 bits per heavy atom. The van der Waals surface area contributed by atoms with Crippen LogP contribution in [0.15, 0.2) is 60.8 Å². The summed E-state index contributed by atoms with van der Waals surface area (Å²) in [6, 6.07) is 18.4. The Kier molecular flexibility index (Phi) is 3.84. The molecule has 3 N–H and O–H groups in total. The molecule has 2 aromatic carbocycles. The number of rotatable bonds is 4. The first-order valence-electron chi connectivity index (χ1n) is 7.14. The van der Waals surface area contributed by atoms with Gasteiger partial charge in [0.15, 0.2) is 0 Å². The van der Waals surface area contributed by atoms with Crippen LogP contribution in [-0.2, 0) is 6.42 Å². The Morgan fingerprint density at radius 3 is 2.52 bits per heavy atom. The molecule has 3 heteroatoms. The van der Waals surface area contributed by atoms with Crippen molar-refractivity contribution in [3.05, 3.63) is 77.7 Å². The first-order chi connectivity index (χ1) is 10.2. The van der Waals surface area contributed by atoms with Crippen molar-refractivity contribution >= 4 is 0 Å². The molecule has 1 aromatic heterocycles. The van der Waals surface area contributed by atoms with Crippen LogP contribution in [-0.4, -0.2) is 9.97 Å². The van der Waals surface area contributed by atoms with Crippen LogP contribution in [0.4, 0.5) is 0 Å². The average molecular weight is 277 g/mol. The number of H-pyrrole nitrogens is 1. The quantitative estimate of drug-likeness (QED) is 0.765. The lowest BCUT2D eigenvalue weighted by Gasteiger charge is -2.09. The van der Waals surface area contributed by atoms with E-state index >= 15 is 0 Å². The summed E-state index contributed by atoms with van der Waals surface area (Å²) in [5.41, 5.74) is 10.9. The van der Waals surface area contributed by atoms with Crippen molar-refractivity contribution in [3.8, 4) is 11.3 Å². The third kappa shape index (κ3) is 3.03. The van der Waals surface area contributed by atoms with Crippen LogP contribution in [0.25, 0.3) is 11.3 Å². The molecular formula is C18H19N3. The van der Waals surface area contributed by atoms with Gasteiger partial charge in [0.2, 0.25) is 0 Å². The second-order valence-corrected chi connectivity index (χ2v) is 5.29. The Labute approximate surface area is 124 Å². The Hall–Kier alpha value is -2.39. The van der Waals surface area contributed by atoms with E-state index in [0.29, 0.717) is 0 Å². The van der Waals surface area contributed by atoms with Crippen molar-refractivity contribution in [3.63, 3.8) is 0 Å². The molecule has 0 amide bonds. The first-order valence-corrected chi connectivity index (χ1v) is 7.14. The third-order valence-corrected chi connectivity index (χ3v) is 3.68. The molecule has 1 unspecified atom stereocenters. The van der Waals surface area contributed by atoms with Crippen LogP contribution in [0, 0.1) is 6.92 Å². The van der Waals surface area contributed by atoms with E-state index in [2.05, 4.69) is 41.2 Å². The predicted molar refractivity (Wildman–Crippen MR) is 85.8 cm³/mol. The van der Waals surface area contributed by atoms with Gasteiger partial charge in [-0.15, -0.1) is 0 Å². The molecule has 0 bridgehead atoms. The second kappa shape index (κ2) is 5.94. The van der Waals surface area contributed by atoms with E-state index in [9.17, 15) is 0 Å². The summed E-state index contributed by atoms with van der Waals surface area (Å²) in [5, 5.41) is 0. The van der Waals surface area contributed by atoms with Gasteiger partial charge < -0.3 is 10.7 Å². The van der Waals surface area contributed by atoms with Gasteiger partial charge in [0.25, 0.3) is 0 Å². The summed E-state index contributed by atoms with van der Waals surface area (Å²) >= 11 is 0. The van der Waals surface area contributed by atoms with Gasteiger partial charge in [0, 0.05) is 5.56 Å². The Balaban J connectivity index is 1.80. The van der Waals surface area contributed by atoms with Gasteiger partial charge in [-0.25, -0.2) is 4.98 Å². The topological polar surface area (TPSA) is 54.7 Å². The minimum Gasteiger partial charge on any atom is -0.341 e. The van der Waals surface area contributed by atoms with E-state index < -0.39 is 0 Å². The molecule has 21 heavy (non-hydrogen) atoms. The Bertz CT molecular complexity index is 716. The van der Waals surface area contributed by atoms with E-state index in [0.717, 1.165) is 17.9 Å². The zero-order valence-corrected chi connectivity index (χ0v) is 12.1. The van der Waals surface area contributed by atoms with Gasteiger partial charge >= 0.3 is 0 Å². The summed E-state index contributed by atoms with van der Waals surface area (Å²) in [6.45, 7) is 2.10. The predicted octanol–water partition coefficient (Wildman–Crippen LogP) is 3.63. The standard InChI is InChI=1S/C18H19N3/c1-13-7-5-6-10-15(13)17-12-20-18(21-17)16(19)11-14-8-3-2-4-9-14/h2-10,12,16H,11,19H2,1H3,(H,20,21). The molecule has 0 radical (unpaired) electrons. The third-order valence-electron chi connectivity index (χ3n) is 3.68. The first kappa shape index (κ1) is 13.6. The molecule has 1 atom stereocenters. The van der Waals surface area contributed by atoms with Crippen LogP contribution < -0.4 is 5.73 Å². The van der Waals surface area contributed by atoms with Crippen molar-refractivity contribution in [1.29, 1.82) is 0 Å². The molecule has 0 fully saturated rings. The maximum absolute atomic E-state index is 6.26. The van der Waals surface area contributed by atoms with Gasteiger partial charge in [-0.1, -0.05) is 54.6 Å². The van der Waals surface area contributed by atoms with E-state index in [1.807, 2.05) is 36.5 Å². The second-order valence-electron chi connectivity index (χ2n) is 5.29. The molecule has 0 aliphatic carbocycles. The number of nitrogens with zero attached hydrogens (tertiary/aromatic N) is 1. The largest absolute Gasteiger partial charge is 0.341 e. The van der Waals surface area contributed by atoms with Crippen molar-refractivity contribution in [1.82, 2.24) is 9.97 Å². The molecule has 0 aliphatic rings. The number of benzene rings is 2. The molecule has 106 valence electrons. The summed E-state index contributed by atoms with van der Waals surface area (Å²) in [4.78, 5) is 7.80. The zero-order chi connectivity index (χ0) is 14.7. The molecule has 1 heterocycles. The maximum atomic E-state index is 6.26. The fourth-order valence-corrected chi connectivity index (χ4v) is 2.50. The van der Waals surface area contributed by atoms with E-state index in [1.54, 1.807) is 0 Å². The fourth-order valence-electron chi connectivity index (χ4n) is 2.50. The molecule has 3 rings (SSSR count). The van der Waals surface area contributed by atoms with E-state index in [4.69, 9.17) is 5.73 Å². The molecule has 0 saturated carbocycles. The van der Waals surface area contributed by atoms with Crippen molar-refractivity contribution < 1.29 is 0 Å². The van der Waals surface area contributed by atoms with Crippen molar-refractivity contribution in [2.75, 3.05) is 0 Å². The van der Waals surface area contributed by atoms with Gasteiger partial charge in [-0.05, 0) is 24.5 Å². The highest BCUT2D eigenvalue weighted by Gasteiger charge is 2.12. The summed E-state index contributed by atoms with van der Waals surface area (Å²) in [7, 11) is 0. The van der Waals surface area contributed by atoms with Crippen LogP contribution >= 0.6 is 0 Å². The highest BCUT2D eigenvalue weighted by atomic mass is 15.0. The normalized spacial score (nSPS) is 12.3. The number of aromatic amines is 1. The smallest absolute Gasteiger partial charge is 0.123 e. The zero-order valence-electron chi connectivity index (χ0n) is 12.1. The van der Waals surface area contributed by atoms with Gasteiger partial charge in [0.1, 0.15) is 5.82 Å². The van der Waals surface area contributed by atoms with E-state index in [1.165, 1.54) is 16.7 Å². The minimum atomic E-state index is -0.120. The molecule has 0 spiro atoms. The molecular weight excluding hydrogens is 258 g/mol. The molecule has 3 aromatic rings. The molecule has 0 aliphatic heterocycles. The highest BCUT2D eigenvalue weighted by molar-refractivity contribution is 5.62. The SMILES string of the molecule is Cc1ccccc1-c1cnc(C(N)Cc2ccccc2)[nH]1. The summed E-state index contributed by atoms with van der Waals surface area (Å²) < 4.78 is 0. The number of nitrogens with two attached hydrogens (primary N) is 1. The summed E-state index contributed by atoms with van der Waals surface area (Å²) in [5.74, 6) is 0.831. The van der Waals surface area contributed by atoms with Gasteiger partial charge in [-0.3, -0.25) is 0 Å². The minimum absolute atomic E-state index is 0.120. The van der Waals surface area contributed by atoms with E-state index in [-0.39, 0.29) is 6.04 Å². The van der Waals surface area contributed by atoms with Crippen LogP contribution in [0.1, 0.15) is 23.0 Å². The Morgan fingerprint density at radius 2 is 1.76 bits per heavy atom. The van der Waals surface area contributed by atoms with Crippen molar-refractivity contribution in [2.24, 2.45) is 5.73 Å². The molecule has 0 saturated heterocycles. The maximum Gasteiger partial charge on any atom is 0.123 e.